The van der Waals surface area contributed by atoms with E-state index < -0.39 is 0 Å². The van der Waals surface area contributed by atoms with Gasteiger partial charge in [-0.1, -0.05) is 91.0 Å². The van der Waals surface area contributed by atoms with E-state index in [1.54, 1.807) is 0 Å². The van der Waals surface area contributed by atoms with E-state index in [0.29, 0.717) is 27.9 Å². The van der Waals surface area contributed by atoms with Crippen molar-refractivity contribution in [3.05, 3.63) is 174 Å². The Balaban J connectivity index is 1.38. The Kier molecular flexibility index (Phi) is 6.56. The lowest BCUT2D eigenvalue weighted by Crippen LogP contribution is -2.00. The molecule has 0 saturated heterocycles. The average molecular weight is 636 g/mol. The molecule has 0 saturated carbocycles. The second-order valence-electron chi connectivity index (χ2n) is 12.3. The first-order chi connectivity index (χ1) is 24.7. The lowest BCUT2D eigenvalue weighted by Gasteiger charge is -2.18. The molecule has 5 heteroatoms. The molecule has 0 spiro atoms. The third kappa shape index (κ3) is 4.31. The van der Waals surface area contributed by atoms with Gasteiger partial charge in [-0.05, 0) is 77.4 Å². The number of benzene rings is 7. The molecule has 0 bridgehead atoms. The summed E-state index contributed by atoms with van der Waals surface area (Å²) in [6.45, 7) is 8.24. The summed E-state index contributed by atoms with van der Waals surface area (Å²) in [4.78, 5) is 3.98. The molecule has 0 N–H and O–H groups in total. The molecule has 0 aliphatic carbocycles. The van der Waals surface area contributed by atoms with Crippen molar-refractivity contribution in [3.63, 3.8) is 0 Å². The highest BCUT2D eigenvalue weighted by Crippen LogP contribution is 2.43. The molecule has 0 fully saturated rings. The fourth-order valence-corrected chi connectivity index (χ4v) is 7.43. The lowest BCUT2D eigenvalue weighted by molar-refractivity contribution is 1.17. The molecule has 2 aromatic heterocycles. The maximum atomic E-state index is 10.9. The Morgan fingerprint density at radius 3 is 1.62 bits per heavy atom. The predicted octanol–water partition coefficient (Wildman–Crippen LogP) is 11.5. The SMILES string of the molecule is [C-]#[N+]c1ccc(-n2c3ccccc3c3cc(C#N)ccc32)cc1-c1cc(-n2c3ccccc3c3ccccc32)cc(-c2ccccc2)c1C#N. The third-order valence-electron chi connectivity index (χ3n) is 9.61. The lowest BCUT2D eigenvalue weighted by atomic mass is 9.90. The van der Waals surface area contributed by atoms with E-state index in [0.717, 1.165) is 66.1 Å². The standard InChI is InChI=1S/C45H25N5/c1-48-41-21-20-31(49-44-18-10-7-15-35(44)39-23-29(27-46)19-22-45(39)49)24-38(41)37-26-32(25-36(40(37)28-47)30-11-3-2-4-12-30)50-42-16-8-5-13-33(42)34-14-6-9-17-43(34)50/h2-26H. The van der Waals surface area contributed by atoms with E-state index in [1.807, 2.05) is 91.0 Å². The van der Waals surface area contributed by atoms with Crippen LogP contribution in [0, 0.1) is 29.2 Å². The number of hydrogen-bond acceptors (Lipinski definition) is 2. The number of nitrogens with zero attached hydrogens (tertiary/aromatic N) is 5. The number of nitriles is 2. The maximum Gasteiger partial charge on any atom is 0.195 e. The van der Waals surface area contributed by atoms with Gasteiger partial charge in [0.25, 0.3) is 0 Å². The normalized spacial score (nSPS) is 11.1. The zero-order chi connectivity index (χ0) is 33.8. The minimum atomic E-state index is 0.455. The molecule has 0 aliphatic rings. The molecular weight excluding hydrogens is 611 g/mol. The molecule has 5 nitrogen and oxygen atoms in total. The van der Waals surface area contributed by atoms with E-state index in [-0.39, 0.29) is 0 Å². The van der Waals surface area contributed by atoms with Crippen molar-refractivity contribution in [3.8, 4) is 45.8 Å². The molecule has 0 radical (unpaired) electrons. The smallest absolute Gasteiger partial charge is 0.195 e. The Morgan fingerprint density at radius 2 is 1.00 bits per heavy atom. The molecule has 50 heavy (non-hydrogen) atoms. The highest BCUT2D eigenvalue weighted by Gasteiger charge is 2.21. The summed E-state index contributed by atoms with van der Waals surface area (Å²) in [6.07, 6.45) is 0. The van der Waals surface area contributed by atoms with Gasteiger partial charge in [-0.25, -0.2) is 4.85 Å². The molecule has 2 heterocycles. The number of hydrogen-bond donors (Lipinski definition) is 0. The van der Waals surface area contributed by atoms with Gasteiger partial charge in [0.15, 0.2) is 5.69 Å². The van der Waals surface area contributed by atoms with Crippen LogP contribution < -0.4 is 0 Å². The Hall–Kier alpha value is -7.39. The first-order valence-electron chi connectivity index (χ1n) is 16.3. The van der Waals surface area contributed by atoms with Gasteiger partial charge >= 0.3 is 0 Å². The second-order valence-corrected chi connectivity index (χ2v) is 12.3. The van der Waals surface area contributed by atoms with Gasteiger partial charge in [0, 0.05) is 38.5 Å². The molecule has 9 rings (SSSR count). The average Bonchev–Trinajstić information content (AvgIpc) is 3.70. The Morgan fingerprint density at radius 1 is 0.460 bits per heavy atom. The fraction of sp³-hybridized carbons (Fsp3) is 0. The van der Waals surface area contributed by atoms with Gasteiger partial charge in [0.1, 0.15) is 6.07 Å². The number of fused-ring (bicyclic) bond motifs is 6. The van der Waals surface area contributed by atoms with Crippen LogP contribution in [-0.4, -0.2) is 9.13 Å². The van der Waals surface area contributed by atoms with Crippen LogP contribution >= 0.6 is 0 Å². The number of aromatic nitrogens is 2. The van der Waals surface area contributed by atoms with Gasteiger partial charge < -0.3 is 9.13 Å². The van der Waals surface area contributed by atoms with Crippen LogP contribution in [0.3, 0.4) is 0 Å². The van der Waals surface area contributed by atoms with E-state index in [9.17, 15) is 10.5 Å². The van der Waals surface area contributed by atoms with Crippen LogP contribution in [-0.2, 0) is 0 Å². The van der Waals surface area contributed by atoms with Gasteiger partial charge in [0.2, 0.25) is 0 Å². The van der Waals surface area contributed by atoms with E-state index in [1.165, 1.54) is 0 Å². The molecule has 0 atom stereocenters. The van der Waals surface area contributed by atoms with Crippen LogP contribution in [0.4, 0.5) is 5.69 Å². The van der Waals surface area contributed by atoms with Crippen molar-refractivity contribution < 1.29 is 0 Å². The van der Waals surface area contributed by atoms with Crippen LogP contribution in [0.25, 0.3) is 82.1 Å². The third-order valence-corrected chi connectivity index (χ3v) is 9.61. The van der Waals surface area contributed by atoms with Gasteiger partial charge in [0.05, 0.1) is 45.8 Å². The van der Waals surface area contributed by atoms with Crippen LogP contribution in [0.1, 0.15) is 11.1 Å². The first kappa shape index (κ1) is 28.8. The van der Waals surface area contributed by atoms with Crippen molar-refractivity contribution in [2.45, 2.75) is 0 Å². The minimum Gasteiger partial charge on any atom is -0.309 e. The van der Waals surface area contributed by atoms with Crippen molar-refractivity contribution in [1.82, 2.24) is 9.13 Å². The van der Waals surface area contributed by atoms with E-state index in [4.69, 9.17) is 6.57 Å². The zero-order valence-corrected chi connectivity index (χ0v) is 26.7. The Bertz CT molecular complexity index is 2910. The highest BCUT2D eigenvalue weighted by molar-refractivity contribution is 6.11. The molecule has 7 aromatic carbocycles. The number of rotatable bonds is 4. The van der Waals surface area contributed by atoms with Gasteiger partial charge in [-0.15, -0.1) is 0 Å². The van der Waals surface area contributed by atoms with E-state index in [2.05, 4.69) is 86.8 Å². The summed E-state index contributed by atoms with van der Waals surface area (Å²) < 4.78 is 4.42. The summed E-state index contributed by atoms with van der Waals surface area (Å²) in [5.41, 5.74) is 10.5. The topological polar surface area (TPSA) is 61.8 Å². The molecule has 0 amide bonds. The first-order valence-corrected chi connectivity index (χ1v) is 16.3. The zero-order valence-electron chi connectivity index (χ0n) is 26.7. The van der Waals surface area contributed by atoms with Crippen LogP contribution in [0.5, 0.6) is 0 Å². The summed E-state index contributed by atoms with van der Waals surface area (Å²) in [5, 5.41) is 24.8. The maximum absolute atomic E-state index is 10.9. The predicted molar refractivity (Wildman–Crippen MR) is 202 cm³/mol. The monoisotopic (exact) mass is 635 g/mol. The summed E-state index contributed by atoms with van der Waals surface area (Å²) in [6, 6.07) is 55.4. The van der Waals surface area contributed by atoms with Crippen LogP contribution in [0.2, 0.25) is 0 Å². The van der Waals surface area contributed by atoms with Gasteiger partial charge in [-0.3, -0.25) is 0 Å². The van der Waals surface area contributed by atoms with Gasteiger partial charge in [-0.2, -0.15) is 10.5 Å². The Labute approximate surface area is 288 Å². The molecule has 0 unspecified atom stereocenters. The van der Waals surface area contributed by atoms with Crippen molar-refractivity contribution >= 4 is 49.3 Å². The number of para-hydroxylation sites is 3. The van der Waals surface area contributed by atoms with Crippen molar-refractivity contribution in [1.29, 1.82) is 10.5 Å². The molecule has 0 aliphatic heterocycles. The quantitative estimate of drug-likeness (QED) is 0.181. The molecular formula is C45H25N5. The summed E-state index contributed by atoms with van der Waals surface area (Å²) in [7, 11) is 0. The van der Waals surface area contributed by atoms with Crippen molar-refractivity contribution in [2.75, 3.05) is 0 Å². The van der Waals surface area contributed by atoms with Crippen LogP contribution in [0.15, 0.2) is 152 Å². The second kappa shape index (κ2) is 11.4. The highest BCUT2D eigenvalue weighted by atomic mass is 15.0. The largest absolute Gasteiger partial charge is 0.309 e. The van der Waals surface area contributed by atoms with E-state index >= 15 is 0 Å². The molecule has 9 aromatic rings. The summed E-state index contributed by atoms with van der Waals surface area (Å²) >= 11 is 0. The fourth-order valence-electron chi connectivity index (χ4n) is 7.43. The minimum absolute atomic E-state index is 0.455. The summed E-state index contributed by atoms with van der Waals surface area (Å²) in [5.74, 6) is 0. The molecule has 230 valence electrons. The van der Waals surface area contributed by atoms with Crippen molar-refractivity contribution in [2.24, 2.45) is 0 Å².